The van der Waals surface area contributed by atoms with Crippen LogP contribution in [0.2, 0.25) is 0 Å². The minimum atomic E-state index is -4.61. The average Bonchev–Trinajstić information content (AvgIpc) is 3.73. The summed E-state index contributed by atoms with van der Waals surface area (Å²) in [6.45, 7) is 9.44. The first-order valence-corrected chi connectivity index (χ1v) is 16.9. The van der Waals surface area contributed by atoms with Crippen molar-refractivity contribution in [2.24, 2.45) is 4.99 Å². The van der Waals surface area contributed by atoms with E-state index in [1.54, 1.807) is 19.2 Å². The molecule has 2 aromatic heterocycles. The third-order valence-electron chi connectivity index (χ3n) is 9.79. The zero-order chi connectivity index (χ0) is 35.2. The largest absolute Gasteiger partial charge is 0.416 e. The topological polar surface area (TPSA) is 108 Å². The molecule has 13 heteroatoms. The molecule has 50 heavy (non-hydrogen) atoms. The van der Waals surface area contributed by atoms with E-state index in [9.17, 15) is 22.8 Å². The van der Waals surface area contributed by atoms with E-state index in [1.165, 1.54) is 22.8 Å². The van der Waals surface area contributed by atoms with Crippen LogP contribution < -0.4 is 21.1 Å². The third-order valence-corrected chi connectivity index (χ3v) is 9.79. The quantitative estimate of drug-likeness (QED) is 0.250. The van der Waals surface area contributed by atoms with Crippen LogP contribution in [0.5, 0.6) is 0 Å². The fourth-order valence-electron chi connectivity index (χ4n) is 7.37. The number of likely N-dealkylation sites (tertiary alicyclic amines) is 1. The van der Waals surface area contributed by atoms with Gasteiger partial charge in [0, 0.05) is 74.7 Å². The first-order valence-electron chi connectivity index (χ1n) is 16.9. The fourth-order valence-corrected chi connectivity index (χ4v) is 7.37. The molecule has 7 rings (SSSR count). The van der Waals surface area contributed by atoms with Gasteiger partial charge in [-0.1, -0.05) is 18.2 Å². The van der Waals surface area contributed by atoms with Crippen LogP contribution in [0.1, 0.15) is 55.4 Å². The highest BCUT2D eigenvalue weighted by molar-refractivity contribution is 6.02. The van der Waals surface area contributed by atoms with E-state index in [2.05, 4.69) is 20.5 Å². The summed E-state index contributed by atoms with van der Waals surface area (Å²) in [6, 6.07) is 12.8. The second-order valence-electron chi connectivity index (χ2n) is 13.2. The predicted molar refractivity (Wildman–Crippen MR) is 189 cm³/mol. The maximum absolute atomic E-state index is 14.4. The number of aromatic nitrogens is 3. The summed E-state index contributed by atoms with van der Waals surface area (Å²) in [5.74, 6) is 0.184. The Morgan fingerprint density at radius 1 is 1.06 bits per heavy atom. The lowest BCUT2D eigenvalue weighted by Crippen LogP contribution is -2.43. The van der Waals surface area contributed by atoms with E-state index in [0.717, 1.165) is 73.3 Å². The SMILES string of the molecule is CC(=O)N1CCCC1C1=NC(c2cc3cnc(Nc4ccc(N5CCNCC5)c(C)c4)nc3n(Cc3ccccc3C(F)(F)F)c2=O)=C(C)C1. The summed E-state index contributed by atoms with van der Waals surface area (Å²) in [7, 11) is 0. The van der Waals surface area contributed by atoms with Crippen LogP contribution in [0.3, 0.4) is 0 Å². The molecule has 2 fully saturated rings. The van der Waals surface area contributed by atoms with E-state index < -0.39 is 17.3 Å². The molecule has 260 valence electrons. The monoisotopic (exact) mass is 684 g/mol. The highest BCUT2D eigenvalue weighted by atomic mass is 19.4. The van der Waals surface area contributed by atoms with E-state index in [-0.39, 0.29) is 41.2 Å². The second-order valence-corrected chi connectivity index (χ2v) is 13.2. The number of allylic oxidation sites excluding steroid dienone is 1. The first kappa shape index (κ1) is 33.5. The van der Waals surface area contributed by atoms with Gasteiger partial charge in [0.1, 0.15) is 5.65 Å². The Morgan fingerprint density at radius 3 is 2.58 bits per heavy atom. The number of nitrogens with zero attached hydrogens (tertiary/aromatic N) is 6. The van der Waals surface area contributed by atoms with Crippen LogP contribution in [0.4, 0.5) is 30.5 Å². The van der Waals surface area contributed by atoms with Crippen molar-refractivity contribution in [2.45, 2.75) is 58.8 Å². The number of benzene rings is 2. The summed E-state index contributed by atoms with van der Waals surface area (Å²) in [4.78, 5) is 45.0. The lowest BCUT2D eigenvalue weighted by atomic mass is 10.0. The van der Waals surface area contributed by atoms with Crippen molar-refractivity contribution in [3.63, 3.8) is 0 Å². The van der Waals surface area contributed by atoms with Gasteiger partial charge in [0.05, 0.1) is 29.4 Å². The van der Waals surface area contributed by atoms with Crippen LogP contribution in [-0.4, -0.2) is 69.8 Å². The normalized spacial score (nSPS) is 18.3. The number of rotatable bonds is 7. The molecule has 3 aliphatic heterocycles. The molecule has 1 amide bonds. The van der Waals surface area contributed by atoms with Crippen molar-refractivity contribution < 1.29 is 18.0 Å². The highest BCUT2D eigenvalue weighted by Gasteiger charge is 2.35. The molecular weight excluding hydrogens is 645 g/mol. The van der Waals surface area contributed by atoms with Crippen LogP contribution in [-0.2, 0) is 17.5 Å². The minimum Gasteiger partial charge on any atom is -0.369 e. The van der Waals surface area contributed by atoms with Crippen molar-refractivity contribution >= 4 is 45.7 Å². The average molecular weight is 685 g/mol. The summed E-state index contributed by atoms with van der Waals surface area (Å²) in [5.41, 5.74) is 4.17. The molecule has 4 aromatic rings. The Morgan fingerprint density at radius 2 is 1.84 bits per heavy atom. The number of hydrogen-bond acceptors (Lipinski definition) is 8. The lowest BCUT2D eigenvalue weighted by molar-refractivity contribution is -0.138. The summed E-state index contributed by atoms with van der Waals surface area (Å²) in [5, 5.41) is 7.07. The van der Waals surface area contributed by atoms with Gasteiger partial charge in [-0.15, -0.1) is 0 Å². The van der Waals surface area contributed by atoms with Crippen molar-refractivity contribution in [1.82, 2.24) is 24.8 Å². The number of hydrogen-bond donors (Lipinski definition) is 2. The van der Waals surface area contributed by atoms with Crippen LogP contribution in [0.15, 0.2) is 70.1 Å². The molecule has 3 aliphatic rings. The predicted octanol–water partition coefficient (Wildman–Crippen LogP) is 5.91. The standard InChI is InChI=1S/C37H39F3N8O2/c1-22-17-27(10-11-31(22)46-15-12-41-13-16-46)43-36-42-20-26-19-28(33-23(2)18-30(44-33)32-9-6-14-47(32)24(3)49)35(50)48(34(26)45-36)21-25-7-4-5-8-29(25)37(38,39)40/h4-5,7-8,10-11,17,19-20,32,41H,6,9,12-16,18,21H2,1-3H3,(H,42,43,45). The molecule has 10 nitrogen and oxygen atoms in total. The first-order chi connectivity index (χ1) is 24.0. The molecule has 2 N–H and O–H groups in total. The maximum Gasteiger partial charge on any atom is 0.416 e. The van der Waals surface area contributed by atoms with Gasteiger partial charge in [0.15, 0.2) is 0 Å². The number of piperazine rings is 1. The molecule has 0 bridgehead atoms. The molecule has 1 unspecified atom stereocenters. The Balaban J connectivity index is 1.30. The van der Waals surface area contributed by atoms with Crippen LogP contribution in [0, 0.1) is 6.92 Å². The zero-order valence-electron chi connectivity index (χ0n) is 28.3. The zero-order valence-corrected chi connectivity index (χ0v) is 28.3. The number of alkyl halides is 3. The molecule has 2 saturated heterocycles. The molecule has 5 heterocycles. The molecule has 0 saturated carbocycles. The number of pyridine rings is 1. The number of nitrogens with one attached hydrogen (secondary N) is 2. The van der Waals surface area contributed by atoms with Crippen molar-refractivity contribution in [3.8, 4) is 0 Å². The fraction of sp³-hybridized carbons (Fsp3) is 0.378. The molecule has 0 spiro atoms. The second kappa shape index (κ2) is 13.3. The number of carbonyl (C=O) groups excluding carboxylic acids is 1. The van der Waals surface area contributed by atoms with E-state index in [1.807, 2.05) is 36.9 Å². The Bertz CT molecular complexity index is 2100. The Hall–Kier alpha value is -5.04. The summed E-state index contributed by atoms with van der Waals surface area (Å²) >= 11 is 0. The Labute approximate surface area is 287 Å². The van der Waals surface area contributed by atoms with E-state index >= 15 is 0 Å². The molecular formula is C37H39F3N8O2. The number of anilines is 3. The summed E-state index contributed by atoms with van der Waals surface area (Å²) in [6.07, 6.45) is -0.878. The van der Waals surface area contributed by atoms with Gasteiger partial charge >= 0.3 is 6.18 Å². The van der Waals surface area contributed by atoms with Crippen molar-refractivity contribution in [2.75, 3.05) is 42.9 Å². The van der Waals surface area contributed by atoms with Gasteiger partial charge in [-0.25, -0.2) is 4.98 Å². The van der Waals surface area contributed by atoms with Crippen LogP contribution >= 0.6 is 0 Å². The molecule has 1 atom stereocenters. The van der Waals surface area contributed by atoms with Gasteiger partial charge < -0.3 is 20.4 Å². The number of aliphatic imine (C=N–C) groups is 1. The van der Waals surface area contributed by atoms with Crippen molar-refractivity contribution in [1.29, 1.82) is 0 Å². The Kier molecular flexibility index (Phi) is 8.93. The van der Waals surface area contributed by atoms with Gasteiger partial charge in [-0.3, -0.25) is 19.1 Å². The smallest absolute Gasteiger partial charge is 0.369 e. The molecule has 0 radical (unpaired) electrons. The van der Waals surface area contributed by atoms with E-state index in [4.69, 9.17) is 9.98 Å². The minimum absolute atomic E-state index is 0.0232. The number of halogens is 3. The summed E-state index contributed by atoms with van der Waals surface area (Å²) < 4.78 is 43.7. The van der Waals surface area contributed by atoms with Gasteiger partial charge in [-0.05, 0) is 73.7 Å². The van der Waals surface area contributed by atoms with Gasteiger partial charge in [0.2, 0.25) is 11.9 Å². The number of amides is 1. The lowest BCUT2D eigenvalue weighted by Gasteiger charge is -2.30. The van der Waals surface area contributed by atoms with Gasteiger partial charge in [-0.2, -0.15) is 18.2 Å². The third kappa shape index (κ3) is 6.49. The number of carbonyl (C=O) groups is 1. The number of aryl methyl sites for hydroxylation is 1. The van der Waals surface area contributed by atoms with Gasteiger partial charge in [0.25, 0.3) is 5.56 Å². The molecule has 2 aromatic carbocycles. The maximum atomic E-state index is 14.4. The number of fused-ring (bicyclic) bond motifs is 1. The highest BCUT2D eigenvalue weighted by Crippen LogP contribution is 2.35. The molecule has 0 aliphatic carbocycles. The van der Waals surface area contributed by atoms with E-state index in [0.29, 0.717) is 24.0 Å². The van der Waals surface area contributed by atoms with Crippen LogP contribution in [0.25, 0.3) is 16.7 Å². The van der Waals surface area contributed by atoms with Crippen molar-refractivity contribution in [3.05, 3.63) is 92.9 Å².